The van der Waals surface area contributed by atoms with E-state index < -0.39 is 0 Å². The van der Waals surface area contributed by atoms with Crippen molar-refractivity contribution in [1.82, 2.24) is 19.5 Å². The Hall–Kier alpha value is -3.67. The molecule has 6 heteroatoms. The molecule has 0 N–H and O–H groups in total. The van der Waals surface area contributed by atoms with Crippen LogP contribution in [0.5, 0.6) is 5.75 Å². The van der Waals surface area contributed by atoms with Gasteiger partial charge in [0.15, 0.2) is 18.1 Å². The smallest absolute Gasteiger partial charge is 0.261 e. The zero-order chi connectivity index (χ0) is 21.0. The number of carbonyl (C=O) groups is 1. The molecule has 0 unspecified atom stereocenters. The summed E-state index contributed by atoms with van der Waals surface area (Å²) in [4.78, 5) is 15.0. The Morgan fingerprint density at radius 2 is 1.77 bits per heavy atom. The number of hydrogen-bond acceptors (Lipinski definition) is 4. The van der Waals surface area contributed by atoms with Crippen LogP contribution in [0.3, 0.4) is 0 Å². The molecule has 1 saturated heterocycles. The highest BCUT2D eigenvalue weighted by Gasteiger charge is 2.33. The second-order valence-corrected chi connectivity index (χ2v) is 7.79. The van der Waals surface area contributed by atoms with E-state index in [-0.39, 0.29) is 18.6 Å². The third-order valence-electron chi connectivity index (χ3n) is 5.77. The van der Waals surface area contributed by atoms with E-state index in [9.17, 15) is 4.79 Å². The lowest BCUT2D eigenvalue weighted by Gasteiger charge is -2.24. The van der Waals surface area contributed by atoms with E-state index in [1.54, 1.807) is 0 Å². The molecule has 6 nitrogen and oxygen atoms in total. The van der Waals surface area contributed by atoms with Crippen LogP contribution in [0, 0.1) is 0 Å². The maximum atomic E-state index is 13.1. The number of ether oxygens (including phenoxy) is 1. The molecule has 1 amide bonds. The van der Waals surface area contributed by atoms with Crippen molar-refractivity contribution in [2.45, 2.75) is 25.3 Å². The van der Waals surface area contributed by atoms with E-state index in [1.807, 2.05) is 76.2 Å². The van der Waals surface area contributed by atoms with E-state index in [2.05, 4.69) is 22.3 Å². The van der Waals surface area contributed by atoms with Crippen LogP contribution in [0.2, 0.25) is 0 Å². The fourth-order valence-electron chi connectivity index (χ4n) is 4.25. The van der Waals surface area contributed by atoms with Crippen LogP contribution >= 0.6 is 0 Å². The molecule has 1 atom stereocenters. The summed E-state index contributed by atoms with van der Waals surface area (Å²) in [5.41, 5.74) is 3.08. The van der Waals surface area contributed by atoms with Crippen molar-refractivity contribution in [3.8, 4) is 5.75 Å². The normalized spacial score (nSPS) is 16.0. The summed E-state index contributed by atoms with van der Waals surface area (Å²) in [6, 6.07) is 23.9. The van der Waals surface area contributed by atoms with Gasteiger partial charge in [0, 0.05) is 19.2 Å². The maximum Gasteiger partial charge on any atom is 0.261 e. The van der Waals surface area contributed by atoms with Gasteiger partial charge in [-0.25, -0.2) is 0 Å². The Morgan fingerprint density at radius 1 is 0.968 bits per heavy atom. The minimum atomic E-state index is -0.0759. The summed E-state index contributed by atoms with van der Waals surface area (Å²) in [6.07, 6.45) is 4.54. The number of likely N-dealkylation sites (tertiary alicyclic amines) is 1. The van der Waals surface area contributed by atoms with E-state index in [0.29, 0.717) is 6.54 Å². The Labute approximate surface area is 181 Å². The summed E-state index contributed by atoms with van der Waals surface area (Å²) >= 11 is 0. The maximum absolute atomic E-state index is 13.1. The average molecular weight is 412 g/mol. The van der Waals surface area contributed by atoms with Gasteiger partial charge in [-0.2, -0.15) is 0 Å². The molecular weight excluding hydrogens is 388 g/mol. The first-order chi connectivity index (χ1) is 15.3. The molecular formula is C25H24N4O2. The minimum absolute atomic E-state index is 0.0129. The second-order valence-electron chi connectivity index (χ2n) is 7.79. The molecule has 5 rings (SSSR count). The van der Waals surface area contributed by atoms with Gasteiger partial charge in [-0.1, -0.05) is 54.6 Å². The molecule has 1 aliphatic rings. The third-order valence-corrected chi connectivity index (χ3v) is 5.77. The number of nitrogens with zero attached hydrogens (tertiary/aromatic N) is 4. The van der Waals surface area contributed by atoms with E-state index in [1.165, 1.54) is 5.56 Å². The van der Waals surface area contributed by atoms with Crippen molar-refractivity contribution in [3.63, 3.8) is 0 Å². The largest absolute Gasteiger partial charge is 0.483 e. The Morgan fingerprint density at radius 3 is 2.68 bits per heavy atom. The third kappa shape index (κ3) is 4.01. The number of rotatable bonds is 6. The van der Waals surface area contributed by atoms with Gasteiger partial charge in [-0.15, -0.1) is 10.2 Å². The van der Waals surface area contributed by atoms with Crippen molar-refractivity contribution in [3.05, 3.63) is 95.9 Å². The van der Waals surface area contributed by atoms with Gasteiger partial charge < -0.3 is 9.64 Å². The number of benzene rings is 2. The molecule has 3 heterocycles. The predicted octanol–water partition coefficient (Wildman–Crippen LogP) is 4.06. The second kappa shape index (κ2) is 8.60. The lowest BCUT2D eigenvalue weighted by atomic mass is 10.0. The number of amides is 1. The molecule has 2 aromatic heterocycles. The monoisotopic (exact) mass is 412 g/mol. The fourth-order valence-corrected chi connectivity index (χ4v) is 4.25. The highest BCUT2D eigenvalue weighted by Crippen LogP contribution is 2.31. The van der Waals surface area contributed by atoms with Crippen molar-refractivity contribution < 1.29 is 9.53 Å². The first kappa shape index (κ1) is 19.3. The van der Waals surface area contributed by atoms with Crippen molar-refractivity contribution in [1.29, 1.82) is 0 Å². The molecule has 0 aliphatic carbocycles. The van der Waals surface area contributed by atoms with E-state index >= 15 is 0 Å². The molecule has 4 aromatic rings. The average Bonchev–Trinajstić information content (AvgIpc) is 3.46. The van der Waals surface area contributed by atoms with Crippen molar-refractivity contribution in [2.75, 3.05) is 13.2 Å². The predicted molar refractivity (Wildman–Crippen MR) is 118 cm³/mol. The van der Waals surface area contributed by atoms with Crippen LogP contribution in [-0.4, -0.2) is 38.6 Å². The standard InChI is InChI=1S/C25H24N4O2/c30-24(18-31-22-13-5-4-11-20(22)17-19-9-2-1-3-10-19)28-16-8-12-21(28)25-27-26-23-14-6-7-15-29(23)25/h1-7,9-11,13-15,21H,8,12,16-18H2/t21-/m1/s1. The van der Waals surface area contributed by atoms with Crippen LogP contribution in [0.25, 0.3) is 5.65 Å². The van der Waals surface area contributed by atoms with Gasteiger partial charge >= 0.3 is 0 Å². The van der Waals surface area contributed by atoms with Crippen molar-refractivity contribution in [2.24, 2.45) is 0 Å². The summed E-state index contributed by atoms with van der Waals surface area (Å²) in [6.45, 7) is 0.722. The topological polar surface area (TPSA) is 59.7 Å². The first-order valence-corrected chi connectivity index (χ1v) is 10.6. The number of aromatic nitrogens is 3. The number of para-hydroxylation sites is 1. The zero-order valence-electron chi connectivity index (χ0n) is 17.2. The molecule has 0 spiro atoms. The quantitative estimate of drug-likeness (QED) is 0.479. The Bertz CT molecular complexity index is 1190. The van der Waals surface area contributed by atoms with Crippen LogP contribution < -0.4 is 4.74 Å². The molecule has 0 radical (unpaired) electrons. The Balaban J connectivity index is 1.30. The molecule has 0 saturated carbocycles. The van der Waals surface area contributed by atoms with Crippen LogP contribution in [0.15, 0.2) is 79.0 Å². The van der Waals surface area contributed by atoms with E-state index in [4.69, 9.17) is 4.74 Å². The molecule has 2 aromatic carbocycles. The molecule has 1 fully saturated rings. The minimum Gasteiger partial charge on any atom is -0.483 e. The number of fused-ring (bicyclic) bond motifs is 1. The molecule has 31 heavy (non-hydrogen) atoms. The van der Waals surface area contributed by atoms with Crippen LogP contribution in [0.1, 0.15) is 35.8 Å². The highest BCUT2D eigenvalue weighted by atomic mass is 16.5. The van der Waals surface area contributed by atoms with Gasteiger partial charge in [0.05, 0.1) is 6.04 Å². The number of carbonyl (C=O) groups excluding carboxylic acids is 1. The summed E-state index contributed by atoms with van der Waals surface area (Å²) in [5, 5.41) is 8.61. The molecule has 156 valence electrons. The lowest BCUT2D eigenvalue weighted by Crippen LogP contribution is -2.35. The number of hydrogen-bond donors (Lipinski definition) is 0. The van der Waals surface area contributed by atoms with Gasteiger partial charge in [0.25, 0.3) is 5.91 Å². The van der Waals surface area contributed by atoms with Gasteiger partial charge in [-0.05, 0) is 42.2 Å². The van der Waals surface area contributed by atoms with Gasteiger partial charge in [-0.3, -0.25) is 9.20 Å². The fraction of sp³-hybridized carbons (Fsp3) is 0.240. The molecule has 1 aliphatic heterocycles. The van der Waals surface area contributed by atoms with Crippen LogP contribution in [0.4, 0.5) is 0 Å². The SMILES string of the molecule is O=C(COc1ccccc1Cc1ccccc1)N1CCC[C@@H]1c1nnc2ccccn12. The Kier molecular flexibility index (Phi) is 5.35. The summed E-state index contributed by atoms with van der Waals surface area (Å²) in [5.74, 6) is 1.54. The summed E-state index contributed by atoms with van der Waals surface area (Å²) in [7, 11) is 0. The first-order valence-electron chi connectivity index (χ1n) is 10.6. The highest BCUT2D eigenvalue weighted by molar-refractivity contribution is 5.78. The van der Waals surface area contributed by atoms with Crippen LogP contribution in [-0.2, 0) is 11.2 Å². The van der Waals surface area contributed by atoms with E-state index in [0.717, 1.165) is 42.0 Å². The number of pyridine rings is 1. The molecule has 0 bridgehead atoms. The van der Waals surface area contributed by atoms with Gasteiger partial charge in [0.2, 0.25) is 0 Å². The zero-order valence-corrected chi connectivity index (χ0v) is 17.2. The van der Waals surface area contributed by atoms with Gasteiger partial charge in [0.1, 0.15) is 5.75 Å². The summed E-state index contributed by atoms with van der Waals surface area (Å²) < 4.78 is 7.97. The van der Waals surface area contributed by atoms with Crippen molar-refractivity contribution >= 4 is 11.6 Å². The lowest BCUT2D eigenvalue weighted by molar-refractivity contribution is -0.134.